The van der Waals surface area contributed by atoms with E-state index in [4.69, 9.17) is 113 Å². The first kappa shape index (κ1) is 118. The Bertz CT molecular complexity index is 6410. The molecule has 147 heavy (non-hydrogen) atoms. The maximum atomic E-state index is 14.3. The third-order valence-corrected chi connectivity index (χ3v) is 35.2. The van der Waals surface area contributed by atoms with E-state index in [2.05, 4.69) is 82.2 Å². The van der Waals surface area contributed by atoms with Gasteiger partial charge in [0.1, 0.15) is 28.8 Å². The van der Waals surface area contributed by atoms with E-state index in [1.54, 1.807) is 29.8 Å². The fourth-order valence-corrected chi connectivity index (χ4v) is 24.4. The Kier molecular flexibility index (Phi) is 41.2. The van der Waals surface area contributed by atoms with Crippen LogP contribution >= 0.6 is 116 Å². The molecule has 2 atom stereocenters. The molecule has 46 heteroatoms. The van der Waals surface area contributed by atoms with Crippen LogP contribution in [0.25, 0.3) is 11.1 Å². The van der Waals surface area contributed by atoms with Crippen molar-refractivity contribution in [3.63, 3.8) is 0 Å². The van der Waals surface area contributed by atoms with Crippen molar-refractivity contribution in [3.05, 3.63) is 238 Å². The normalized spacial score (nSPS) is 17.7. The van der Waals surface area contributed by atoms with Gasteiger partial charge in [0.15, 0.2) is 15.6 Å². The zero-order valence-corrected chi connectivity index (χ0v) is 92.0. The average Bonchev–Trinajstić information content (AvgIpc) is 0.764. The Balaban J connectivity index is 0.000000218. The van der Waals surface area contributed by atoms with Gasteiger partial charge in [-0.05, 0) is 218 Å². The number of carboxylic acid groups (broad SMARTS) is 1. The number of ketones is 1. The van der Waals surface area contributed by atoms with Crippen molar-refractivity contribution in [1.82, 2.24) is 29.4 Å². The predicted octanol–water partition coefficient (Wildman–Crippen LogP) is 21.7. The summed E-state index contributed by atoms with van der Waals surface area (Å²) in [6.07, 6.45) is 6.00. The fourth-order valence-electron chi connectivity index (χ4n) is 18.0. The number of aromatic carboxylic acids is 1. The maximum Gasteiger partial charge on any atom is 0.501 e. The molecule has 4 aliphatic heterocycles. The highest BCUT2D eigenvalue weighted by Crippen LogP contribution is 2.47. The molecule has 0 radical (unpaired) electrons. The van der Waals surface area contributed by atoms with Gasteiger partial charge in [0.05, 0.1) is 26.7 Å². The molecule has 8 aromatic rings. The van der Waals surface area contributed by atoms with Gasteiger partial charge in [-0.3, -0.25) is 24.4 Å². The predicted molar refractivity (Wildman–Crippen MR) is 574 cm³/mol. The lowest BCUT2D eigenvalue weighted by atomic mass is 9.72. The molecule has 800 valence electrons. The van der Waals surface area contributed by atoms with E-state index in [0.717, 1.165) is 148 Å². The van der Waals surface area contributed by atoms with Crippen LogP contribution in [0.4, 0.5) is 58.7 Å². The number of ether oxygens (including phenoxy) is 2. The van der Waals surface area contributed by atoms with Gasteiger partial charge in [0.25, 0.3) is 19.7 Å². The van der Waals surface area contributed by atoms with Gasteiger partial charge in [-0.25, -0.2) is 53.2 Å². The van der Waals surface area contributed by atoms with Crippen LogP contribution < -0.4 is 25.6 Å². The SMILES string of the molecule is CC1(C)CCC(c2ccc(Cl)cc2)=C(CN2CCN(c3ccc(C(=O)CS(=O)(=O)c4ccc(N[C@H](CCN5CCN(C(=O)OCC(Cl)(Cl)Cl)CC5)CSc5ccccc5)c(S(=O)(=O)C(F)(F)F)c4)cc3)CC2)C1.CC1(C)CCC(c2ccc(Cl)cc2)=C(CN2CCN(c3ccc(C(=O)O)cc3)CC2)C1.NS(=O)(=O)c1ccc(N[C@H](CCN2CCN(C(=O)OCC(Cl)(Cl)Cl)CC2)CSc2ccccc2)c(S(=O)(=O)C(F)(F)F)c1. The number of sulfonamides is 1. The number of carboxylic acids is 1. The molecule has 8 aromatic carbocycles. The quantitative estimate of drug-likeness (QED) is 0.0126. The van der Waals surface area contributed by atoms with Crippen LogP contribution in [-0.4, -0.2) is 284 Å². The largest absolute Gasteiger partial charge is 0.501 e. The number of anilines is 4. The zero-order chi connectivity index (χ0) is 107. The smallest absolute Gasteiger partial charge is 0.478 e. The lowest BCUT2D eigenvalue weighted by Gasteiger charge is -2.39. The van der Waals surface area contributed by atoms with Crippen molar-refractivity contribution in [2.45, 2.75) is 139 Å². The third-order valence-electron chi connectivity index (χ3n) is 26.1. The highest BCUT2D eigenvalue weighted by molar-refractivity contribution is 7.99. The first-order valence-electron chi connectivity index (χ1n) is 47.3. The van der Waals surface area contributed by atoms with Crippen LogP contribution in [-0.2, 0) is 49.0 Å². The molecule has 6 aliphatic rings. The van der Waals surface area contributed by atoms with Crippen LogP contribution in [0.5, 0.6) is 0 Å². The number of primary sulfonamides is 1. The van der Waals surface area contributed by atoms with Crippen molar-refractivity contribution < 1.29 is 93.8 Å². The molecule has 0 unspecified atom stereocenters. The second-order valence-electron chi connectivity index (χ2n) is 38.2. The average molecular weight is 2320 g/mol. The van der Waals surface area contributed by atoms with Gasteiger partial charge >= 0.3 is 29.2 Å². The molecule has 0 spiro atoms. The summed E-state index contributed by atoms with van der Waals surface area (Å²) in [6, 6.07) is 52.1. The molecular formula is C101H117Cl8F6N11O15S6. The van der Waals surface area contributed by atoms with Crippen LogP contribution in [0.3, 0.4) is 0 Å². The van der Waals surface area contributed by atoms with Gasteiger partial charge in [-0.2, -0.15) is 26.3 Å². The highest BCUT2D eigenvalue weighted by Gasteiger charge is 2.50. The van der Waals surface area contributed by atoms with Crippen molar-refractivity contribution >= 4 is 214 Å². The molecule has 4 saturated heterocycles. The minimum absolute atomic E-state index is 0.0779. The number of amides is 2. The van der Waals surface area contributed by atoms with E-state index in [1.807, 2.05) is 107 Å². The summed E-state index contributed by atoms with van der Waals surface area (Å²) < 4.78 is 193. The number of allylic oxidation sites excluding steroid dienone is 2. The number of piperazine rings is 4. The molecule has 0 aromatic heterocycles. The standard InChI is InChI=1S/C51H58Cl4F3N5O7S3.C26H31ClN2O2.C24H28Cl3F3N4O6S3/c1-49(2)20-18-44(36-8-12-39(52)13-9-36)38(31-49)32-61-24-26-62(27-25-61)41-14-10-37(11-15-41)46(64)34-72(66,67)43-16-17-45(47(30-43)73(68,69)51(56,57)58)59-40(33-71-42-6-4-3-5-7-42)19-21-60-22-28-63(29-23-60)48(65)70-35-50(53,54)55;1-26(2)12-11-24(19-3-7-22(27)8-4-19)21(17-26)18-28-13-15-29(16-14-28)23-9-5-20(6-10-23)25(30)31;25-23(26,27)16-40-22(35)34-12-10-33(11-13-34)9-8-17(15-41-18-4-2-1-3-5-18)32-20-7-6-19(43(31,38)39)14-21(20)42(36,37)24(28,29)30/h3-17,30,40,59H,18-29,31-35H2,1-2H3;3-10H,11-18H2,1-2H3,(H,30,31);1-7,14,17,32H,8-13,15-16H2,(H2,31,38,39)/t40-;;17-/m1.1/s1. The number of thioether (sulfide) groups is 2. The number of Topliss-reactive ketones (excluding diaryl/α,β-unsaturated/α-hetero) is 1. The summed E-state index contributed by atoms with van der Waals surface area (Å²) in [4.78, 5) is 63.6. The minimum atomic E-state index is -6.11. The third kappa shape index (κ3) is 34.9. The number of carbonyl (C=O) groups is 4. The zero-order valence-electron chi connectivity index (χ0n) is 81.0. The molecule has 0 bridgehead atoms. The van der Waals surface area contributed by atoms with E-state index in [-0.39, 0.29) is 29.8 Å². The molecule has 14 rings (SSSR count). The Hall–Kier alpha value is -7.68. The van der Waals surface area contributed by atoms with Gasteiger partial charge in [-0.1, -0.05) is 192 Å². The first-order valence-corrected chi connectivity index (χ1v) is 58.5. The second kappa shape index (κ2) is 51.4. The monoisotopic (exact) mass is 2310 g/mol. The van der Waals surface area contributed by atoms with Crippen LogP contribution in [0.2, 0.25) is 10.0 Å². The number of sulfone groups is 3. The molecule has 2 amide bonds. The minimum Gasteiger partial charge on any atom is -0.478 e. The van der Waals surface area contributed by atoms with Crippen molar-refractivity contribution in [2.75, 3.05) is 182 Å². The molecule has 5 N–H and O–H groups in total. The Morgan fingerprint density at radius 3 is 1.14 bits per heavy atom. The second-order valence-corrected chi connectivity index (χ2v) is 53.7. The van der Waals surface area contributed by atoms with Crippen molar-refractivity contribution in [2.24, 2.45) is 16.0 Å². The summed E-state index contributed by atoms with van der Waals surface area (Å²) in [7, 11) is -21.2. The number of benzene rings is 8. The number of alkyl halides is 12. The van der Waals surface area contributed by atoms with E-state index in [0.29, 0.717) is 99.1 Å². The summed E-state index contributed by atoms with van der Waals surface area (Å²) in [5.41, 5.74) is -0.988. The number of carbonyl (C=O) groups excluding carboxylic acids is 3. The Morgan fingerprint density at radius 2 is 0.796 bits per heavy atom. The van der Waals surface area contributed by atoms with Crippen molar-refractivity contribution in [1.29, 1.82) is 0 Å². The Labute approximate surface area is 903 Å². The van der Waals surface area contributed by atoms with E-state index in [9.17, 15) is 79.2 Å². The fraction of sp³-hybridized carbons (Fsp3) is 0.446. The highest BCUT2D eigenvalue weighted by atomic mass is 35.6. The molecule has 4 heterocycles. The van der Waals surface area contributed by atoms with Crippen LogP contribution in [0, 0.1) is 10.8 Å². The van der Waals surface area contributed by atoms with E-state index < -0.39 is 144 Å². The van der Waals surface area contributed by atoms with Gasteiger partial charge in [0.2, 0.25) is 17.6 Å². The number of halogens is 14. The van der Waals surface area contributed by atoms with Crippen molar-refractivity contribution in [3.8, 4) is 0 Å². The maximum absolute atomic E-state index is 14.3. The van der Waals surface area contributed by atoms with E-state index >= 15 is 0 Å². The summed E-state index contributed by atoms with van der Waals surface area (Å²) in [5.74, 6) is -2.18. The van der Waals surface area contributed by atoms with E-state index in [1.165, 1.54) is 79.7 Å². The topological polar surface area (TPSA) is 320 Å². The Morgan fingerprint density at radius 1 is 0.449 bits per heavy atom. The molecule has 26 nitrogen and oxygen atoms in total. The molecule has 2 aliphatic carbocycles. The summed E-state index contributed by atoms with van der Waals surface area (Å²) >= 11 is 49.1. The number of nitrogens with two attached hydrogens (primary N) is 1. The lowest BCUT2D eigenvalue weighted by Crippen LogP contribution is -2.49. The lowest BCUT2D eigenvalue weighted by molar-refractivity contribution is -0.0441. The summed E-state index contributed by atoms with van der Waals surface area (Å²) in [6.45, 7) is 21.3. The first-order chi connectivity index (χ1) is 69.0. The molecular weight excluding hydrogens is 2200 g/mol. The number of hydrogen-bond acceptors (Lipinski definition) is 24. The van der Waals surface area contributed by atoms with Gasteiger partial charge < -0.3 is 44.8 Å². The van der Waals surface area contributed by atoms with Crippen LogP contribution in [0.1, 0.15) is 111 Å². The molecule has 0 saturated carbocycles. The number of nitrogens with one attached hydrogen (secondary N) is 2. The summed E-state index contributed by atoms with van der Waals surface area (Å²) in [5, 5.41) is 21.5. The van der Waals surface area contributed by atoms with Gasteiger partial charge in [0, 0.05) is 191 Å². The van der Waals surface area contributed by atoms with Crippen LogP contribution in [0.15, 0.2) is 235 Å². The number of hydrogen-bond donors (Lipinski definition) is 4. The number of nitrogens with zero attached hydrogens (tertiary/aromatic N) is 8. The van der Waals surface area contributed by atoms with Gasteiger partial charge in [-0.15, -0.1) is 23.5 Å². The molecule has 4 fully saturated rings. The number of rotatable bonds is 34.